The fraction of sp³-hybridized carbons (Fsp3) is 0.429. The van der Waals surface area contributed by atoms with Crippen LogP contribution in [0.4, 0.5) is 0 Å². The zero-order chi connectivity index (χ0) is 14.0. The van der Waals surface area contributed by atoms with Crippen LogP contribution < -0.4 is 0 Å². The van der Waals surface area contributed by atoms with Crippen LogP contribution in [-0.4, -0.2) is 26.2 Å². The summed E-state index contributed by atoms with van der Waals surface area (Å²) >= 11 is 3.37. The van der Waals surface area contributed by atoms with Crippen molar-refractivity contribution in [3.05, 3.63) is 35.4 Å². The first-order valence-corrected chi connectivity index (χ1v) is 7.04. The molecule has 2 rings (SSSR count). The topological polar surface area (TPSA) is 52.6 Å². The molecule has 19 heavy (non-hydrogen) atoms. The van der Waals surface area contributed by atoms with Crippen molar-refractivity contribution in [1.29, 1.82) is 0 Å². The Labute approximate surface area is 120 Å². The lowest BCUT2D eigenvalue weighted by Gasteiger charge is -2.15. The van der Waals surface area contributed by atoms with E-state index < -0.39 is 11.3 Å². The van der Waals surface area contributed by atoms with Crippen LogP contribution in [-0.2, 0) is 29.8 Å². The van der Waals surface area contributed by atoms with Gasteiger partial charge in [-0.15, -0.1) is 0 Å². The molecule has 0 aromatic heterocycles. The molecule has 102 valence electrons. The predicted octanol–water partition coefficient (Wildman–Crippen LogP) is 2.19. The SMILES string of the molecule is COC(=O)[C@H]1C[C@]1(C(=O)OC)c1ccc(CBr)cc1. The highest BCUT2D eigenvalue weighted by Crippen LogP contribution is 2.55. The van der Waals surface area contributed by atoms with Crippen molar-refractivity contribution < 1.29 is 19.1 Å². The Morgan fingerprint density at radius 1 is 1.26 bits per heavy atom. The minimum absolute atomic E-state index is 0.366. The van der Waals surface area contributed by atoms with E-state index in [1.807, 2.05) is 24.3 Å². The van der Waals surface area contributed by atoms with Gasteiger partial charge in [-0.1, -0.05) is 40.2 Å². The van der Waals surface area contributed by atoms with E-state index in [1.54, 1.807) is 0 Å². The second-order valence-corrected chi connectivity index (χ2v) is 5.13. The van der Waals surface area contributed by atoms with Crippen LogP contribution in [0.3, 0.4) is 0 Å². The van der Waals surface area contributed by atoms with E-state index in [9.17, 15) is 9.59 Å². The number of hydrogen-bond acceptors (Lipinski definition) is 4. The van der Waals surface area contributed by atoms with Gasteiger partial charge in [-0.3, -0.25) is 9.59 Å². The van der Waals surface area contributed by atoms with Crippen molar-refractivity contribution in [3.8, 4) is 0 Å². The average Bonchev–Trinajstić information content (AvgIpc) is 3.22. The van der Waals surface area contributed by atoms with Gasteiger partial charge in [-0.2, -0.15) is 0 Å². The molecule has 0 bridgehead atoms. The van der Waals surface area contributed by atoms with Crippen LogP contribution in [0, 0.1) is 5.92 Å². The fourth-order valence-electron chi connectivity index (χ4n) is 2.43. The van der Waals surface area contributed by atoms with E-state index in [4.69, 9.17) is 9.47 Å². The van der Waals surface area contributed by atoms with E-state index in [-0.39, 0.29) is 11.9 Å². The Balaban J connectivity index is 2.34. The van der Waals surface area contributed by atoms with Crippen LogP contribution in [0.15, 0.2) is 24.3 Å². The van der Waals surface area contributed by atoms with Crippen molar-refractivity contribution in [1.82, 2.24) is 0 Å². The number of carbonyl (C=O) groups excluding carboxylic acids is 2. The van der Waals surface area contributed by atoms with Gasteiger partial charge in [0, 0.05) is 5.33 Å². The summed E-state index contributed by atoms with van der Waals surface area (Å²) in [5.41, 5.74) is 1.05. The number of alkyl halides is 1. The molecule has 0 saturated heterocycles. The lowest BCUT2D eigenvalue weighted by atomic mass is 9.92. The van der Waals surface area contributed by atoms with Crippen LogP contribution in [0.1, 0.15) is 17.5 Å². The van der Waals surface area contributed by atoms with Crippen molar-refractivity contribution in [2.45, 2.75) is 17.2 Å². The van der Waals surface area contributed by atoms with Gasteiger partial charge in [0.25, 0.3) is 0 Å². The summed E-state index contributed by atoms with van der Waals surface area (Å²) in [6.07, 6.45) is 0.444. The van der Waals surface area contributed by atoms with E-state index in [0.29, 0.717) is 6.42 Å². The van der Waals surface area contributed by atoms with E-state index in [0.717, 1.165) is 16.5 Å². The molecule has 5 heteroatoms. The molecule has 1 aromatic carbocycles. The molecule has 1 aliphatic rings. The molecule has 2 atom stereocenters. The number of carbonyl (C=O) groups is 2. The lowest BCUT2D eigenvalue weighted by molar-refractivity contribution is -0.149. The average molecular weight is 327 g/mol. The number of benzene rings is 1. The van der Waals surface area contributed by atoms with Crippen molar-refractivity contribution >= 4 is 27.9 Å². The number of rotatable bonds is 4. The third-order valence-corrected chi connectivity index (χ3v) is 4.27. The molecule has 0 N–H and O–H groups in total. The third-order valence-electron chi connectivity index (χ3n) is 3.62. The van der Waals surface area contributed by atoms with Gasteiger partial charge in [0.05, 0.1) is 20.1 Å². The molecule has 1 aliphatic carbocycles. The molecule has 1 fully saturated rings. The monoisotopic (exact) mass is 326 g/mol. The van der Waals surface area contributed by atoms with Gasteiger partial charge >= 0.3 is 11.9 Å². The van der Waals surface area contributed by atoms with Gasteiger partial charge in [-0.25, -0.2) is 0 Å². The van der Waals surface area contributed by atoms with Crippen molar-refractivity contribution in [2.24, 2.45) is 5.92 Å². The molecule has 0 heterocycles. The molecule has 0 radical (unpaired) electrons. The number of methoxy groups -OCH3 is 2. The first kappa shape index (κ1) is 14.1. The molecule has 1 saturated carbocycles. The number of ether oxygens (including phenoxy) is 2. The highest BCUT2D eigenvalue weighted by molar-refractivity contribution is 9.08. The number of esters is 2. The summed E-state index contributed by atoms with van der Waals surface area (Å²) in [6.45, 7) is 0. The van der Waals surface area contributed by atoms with Gasteiger partial charge in [-0.05, 0) is 17.5 Å². The first-order chi connectivity index (χ1) is 9.09. The molecule has 0 aliphatic heterocycles. The quantitative estimate of drug-likeness (QED) is 0.628. The summed E-state index contributed by atoms with van der Waals surface area (Å²) in [4.78, 5) is 23.7. The Bertz CT molecular complexity index is 497. The Morgan fingerprint density at radius 3 is 2.37 bits per heavy atom. The Kier molecular flexibility index (Phi) is 3.94. The highest BCUT2D eigenvalue weighted by Gasteiger charge is 2.66. The van der Waals surface area contributed by atoms with Gasteiger partial charge in [0.2, 0.25) is 0 Å². The maximum atomic E-state index is 12.0. The second kappa shape index (κ2) is 5.33. The van der Waals surface area contributed by atoms with Gasteiger partial charge in [0.1, 0.15) is 5.41 Å². The molecule has 1 aromatic rings. The lowest BCUT2D eigenvalue weighted by Crippen LogP contribution is -2.27. The van der Waals surface area contributed by atoms with Gasteiger partial charge in [0.15, 0.2) is 0 Å². The molecule has 0 amide bonds. The number of halogens is 1. The molecule has 0 spiro atoms. The van der Waals surface area contributed by atoms with Crippen LogP contribution in [0.25, 0.3) is 0 Å². The summed E-state index contributed by atoms with van der Waals surface area (Å²) < 4.78 is 9.59. The minimum atomic E-state index is -0.868. The highest BCUT2D eigenvalue weighted by atomic mass is 79.9. The predicted molar refractivity (Wildman–Crippen MR) is 72.9 cm³/mol. The summed E-state index contributed by atoms with van der Waals surface area (Å²) in [5, 5.41) is 0.749. The van der Waals surface area contributed by atoms with E-state index in [1.165, 1.54) is 14.2 Å². The number of hydrogen-bond donors (Lipinski definition) is 0. The largest absolute Gasteiger partial charge is 0.469 e. The van der Waals surface area contributed by atoms with Gasteiger partial charge < -0.3 is 9.47 Å². The Morgan fingerprint density at radius 2 is 1.89 bits per heavy atom. The summed E-state index contributed by atoms with van der Waals surface area (Å²) in [6, 6.07) is 7.61. The standard InChI is InChI=1S/C14H15BrO4/c1-18-12(16)11-7-14(11,13(17)19-2)10-5-3-9(8-15)4-6-10/h3-6,11H,7-8H2,1-2H3/t11-,14+/m1/s1. The van der Waals surface area contributed by atoms with E-state index >= 15 is 0 Å². The molecule has 4 nitrogen and oxygen atoms in total. The van der Waals surface area contributed by atoms with Crippen molar-refractivity contribution in [2.75, 3.05) is 14.2 Å². The van der Waals surface area contributed by atoms with E-state index in [2.05, 4.69) is 15.9 Å². The van der Waals surface area contributed by atoms with Crippen LogP contribution >= 0.6 is 15.9 Å². The smallest absolute Gasteiger partial charge is 0.317 e. The second-order valence-electron chi connectivity index (χ2n) is 4.57. The molecular weight excluding hydrogens is 312 g/mol. The third kappa shape index (κ3) is 2.27. The van der Waals surface area contributed by atoms with Crippen molar-refractivity contribution in [3.63, 3.8) is 0 Å². The molecular formula is C14H15BrO4. The summed E-state index contributed by atoms with van der Waals surface area (Å²) in [7, 11) is 2.67. The zero-order valence-electron chi connectivity index (χ0n) is 10.8. The maximum Gasteiger partial charge on any atom is 0.317 e. The fourth-order valence-corrected chi connectivity index (χ4v) is 2.80. The molecule has 0 unspecified atom stereocenters. The Hall–Kier alpha value is -1.36. The maximum absolute atomic E-state index is 12.0. The first-order valence-electron chi connectivity index (χ1n) is 5.91. The summed E-state index contributed by atoms with van der Waals surface area (Å²) in [5.74, 6) is -1.19. The van der Waals surface area contributed by atoms with Crippen LogP contribution in [0.5, 0.6) is 0 Å². The van der Waals surface area contributed by atoms with Crippen LogP contribution in [0.2, 0.25) is 0 Å². The zero-order valence-corrected chi connectivity index (χ0v) is 12.4. The minimum Gasteiger partial charge on any atom is -0.469 e. The normalized spacial score (nSPS) is 24.7.